The van der Waals surface area contributed by atoms with Crippen molar-refractivity contribution in [3.05, 3.63) is 59.3 Å². The maximum atomic E-state index is 8.75. The first kappa shape index (κ1) is 15.3. The minimum Gasteiger partial charge on any atom is -0.366 e. The summed E-state index contributed by atoms with van der Waals surface area (Å²) >= 11 is 0. The zero-order valence-corrected chi connectivity index (χ0v) is 12.3. The molecular formula is C16H17ClN4. The molecule has 2 aromatic rings. The molecule has 1 fully saturated rings. The van der Waals surface area contributed by atoms with E-state index in [4.69, 9.17) is 11.0 Å². The van der Waals surface area contributed by atoms with Gasteiger partial charge in [-0.1, -0.05) is 18.2 Å². The van der Waals surface area contributed by atoms with Crippen molar-refractivity contribution in [2.45, 2.75) is 24.9 Å². The third-order valence-electron chi connectivity index (χ3n) is 3.61. The van der Waals surface area contributed by atoms with Crippen LogP contribution in [0.5, 0.6) is 0 Å². The topological polar surface area (TPSA) is 74.7 Å². The van der Waals surface area contributed by atoms with Gasteiger partial charge in [0.05, 0.1) is 11.6 Å². The van der Waals surface area contributed by atoms with E-state index in [0.29, 0.717) is 24.1 Å². The zero-order valence-electron chi connectivity index (χ0n) is 11.5. The first-order valence-electron chi connectivity index (χ1n) is 6.71. The number of nitriles is 1. The number of benzene rings is 1. The second kappa shape index (κ2) is 6.57. The number of rotatable bonds is 4. The monoisotopic (exact) mass is 300 g/mol. The smallest absolute Gasteiger partial charge is 0.126 e. The van der Waals surface area contributed by atoms with Crippen LogP contribution in [0.25, 0.3) is 0 Å². The SMILES string of the molecule is Cl.N#Cc1ccc(CNc2ccc([C@@H]3C[C@H]3N)cn2)cc1. The predicted octanol–water partition coefficient (Wildman–Crippen LogP) is 2.80. The van der Waals surface area contributed by atoms with Crippen molar-refractivity contribution in [2.24, 2.45) is 5.73 Å². The fraction of sp³-hybridized carbons (Fsp3) is 0.250. The fourth-order valence-electron chi connectivity index (χ4n) is 2.22. The van der Waals surface area contributed by atoms with Crippen molar-refractivity contribution in [1.29, 1.82) is 5.26 Å². The molecule has 2 atom stereocenters. The first-order valence-corrected chi connectivity index (χ1v) is 6.71. The Balaban J connectivity index is 0.00000161. The standard InChI is InChI=1S/C16H16N4.ClH/c17-8-11-1-3-12(4-2-11)9-19-16-6-5-13(10-20-16)14-7-15(14)18;/h1-6,10,14-15H,7,9,18H2,(H,19,20);1H/t14-,15+;/m0./s1. The molecule has 108 valence electrons. The average molecular weight is 301 g/mol. The molecule has 0 unspecified atom stereocenters. The van der Waals surface area contributed by atoms with Gasteiger partial charge in [0, 0.05) is 24.7 Å². The number of halogens is 1. The van der Waals surface area contributed by atoms with Gasteiger partial charge in [0.25, 0.3) is 0 Å². The molecule has 1 aromatic heterocycles. The number of nitrogens with two attached hydrogens (primary N) is 1. The summed E-state index contributed by atoms with van der Waals surface area (Å²) in [5.74, 6) is 1.35. The highest BCUT2D eigenvalue weighted by Crippen LogP contribution is 2.38. The summed E-state index contributed by atoms with van der Waals surface area (Å²) in [6.07, 6.45) is 2.97. The van der Waals surface area contributed by atoms with Gasteiger partial charge in [-0.3, -0.25) is 0 Å². The lowest BCUT2D eigenvalue weighted by atomic mass is 10.1. The molecule has 21 heavy (non-hydrogen) atoms. The molecule has 1 aliphatic carbocycles. The Morgan fingerprint density at radius 1 is 1.24 bits per heavy atom. The minimum atomic E-state index is 0. The molecule has 3 N–H and O–H groups in total. The van der Waals surface area contributed by atoms with Crippen molar-refractivity contribution >= 4 is 18.2 Å². The molecule has 1 saturated carbocycles. The summed E-state index contributed by atoms with van der Waals surface area (Å²) in [7, 11) is 0. The molecule has 0 bridgehead atoms. The van der Waals surface area contributed by atoms with Gasteiger partial charge in [0.15, 0.2) is 0 Å². The number of aromatic nitrogens is 1. The molecule has 1 aromatic carbocycles. The highest BCUT2D eigenvalue weighted by Gasteiger charge is 2.34. The van der Waals surface area contributed by atoms with Crippen LogP contribution in [0.4, 0.5) is 5.82 Å². The van der Waals surface area contributed by atoms with Crippen LogP contribution >= 0.6 is 12.4 Å². The molecule has 1 heterocycles. The normalized spacial score (nSPS) is 19.2. The van der Waals surface area contributed by atoms with E-state index in [9.17, 15) is 0 Å². The maximum Gasteiger partial charge on any atom is 0.126 e. The van der Waals surface area contributed by atoms with Crippen LogP contribution in [0.15, 0.2) is 42.6 Å². The molecule has 0 spiro atoms. The maximum absolute atomic E-state index is 8.75. The molecule has 0 amide bonds. The van der Waals surface area contributed by atoms with Crippen molar-refractivity contribution < 1.29 is 0 Å². The van der Waals surface area contributed by atoms with Crippen molar-refractivity contribution in [3.63, 3.8) is 0 Å². The van der Waals surface area contributed by atoms with Gasteiger partial charge >= 0.3 is 0 Å². The van der Waals surface area contributed by atoms with E-state index in [1.54, 1.807) is 0 Å². The molecule has 0 radical (unpaired) electrons. The first-order chi connectivity index (χ1) is 9.76. The van der Waals surface area contributed by atoms with Crippen molar-refractivity contribution in [2.75, 3.05) is 5.32 Å². The van der Waals surface area contributed by atoms with Gasteiger partial charge in [-0.2, -0.15) is 5.26 Å². The van der Waals surface area contributed by atoms with Gasteiger partial charge in [-0.05, 0) is 35.7 Å². The minimum absolute atomic E-state index is 0. The van der Waals surface area contributed by atoms with E-state index >= 15 is 0 Å². The Morgan fingerprint density at radius 3 is 2.48 bits per heavy atom. The van der Waals surface area contributed by atoms with Gasteiger partial charge in [0.2, 0.25) is 0 Å². The van der Waals surface area contributed by atoms with Gasteiger partial charge in [0.1, 0.15) is 5.82 Å². The lowest BCUT2D eigenvalue weighted by Gasteiger charge is -2.06. The van der Waals surface area contributed by atoms with Crippen LogP contribution in [0.1, 0.15) is 29.0 Å². The van der Waals surface area contributed by atoms with E-state index in [2.05, 4.69) is 22.4 Å². The summed E-state index contributed by atoms with van der Waals surface area (Å²) in [4.78, 5) is 4.40. The van der Waals surface area contributed by atoms with Crippen molar-refractivity contribution in [1.82, 2.24) is 4.98 Å². The molecule has 1 aliphatic rings. The Morgan fingerprint density at radius 2 is 1.95 bits per heavy atom. The highest BCUT2D eigenvalue weighted by molar-refractivity contribution is 5.85. The number of nitrogens with one attached hydrogen (secondary N) is 1. The molecule has 3 rings (SSSR count). The Hall–Kier alpha value is -2.09. The lowest BCUT2D eigenvalue weighted by Crippen LogP contribution is -2.03. The Kier molecular flexibility index (Phi) is 4.79. The molecule has 0 saturated heterocycles. The third kappa shape index (κ3) is 3.72. The second-order valence-corrected chi connectivity index (χ2v) is 5.15. The van der Waals surface area contributed by atoms with E-state index in [-0.39, 0.29) is 12.4 Å². The van der Waals surface area contributed by atoms with Gasteiger partial charge in [-0.25, -0.2) is 4.98 Å². The molecule has 0 aliphatic heterocycles. The predicted molar refractivity (Wildman–Crippen MR) is 85.3 cm³/mol. The number of nitrogens with zero attached hydrogens (tertiary/aromatic N) is 2. The number of hydrogen-bond acceptors (Lipinski definition) is 4. The van der Waals surface area contributed by atoms with Crippen LogP contribution in [-0.4, -0.2) is 11.0 Å². The summed E-state index contributed by atoms with van der Waals surface area (Å²) in [5.41, 5.74) is 8.85. The molecule has 5 heteroatoms. The Bertz CT molecular complexity index is 631. The van der Waals surface area contributed by atoms with Crippen LogP contribution in [0, 0.1) is 11.3 Å². The summed E-state index contributed by atoms with van der Waals surface area (Å²) in [6.45, 7) is 0.695. The highest BCUT2D eigenvalue weighted by atomic mass is 35.5. The van der Waals surface area contributed by atoms with E-state index < -0.39 is 0 Å². The van der Waals surface area contributed by atoms with E-state index in [1.165, 1.54) is 5.56 Å². The van der Waals surface area contributed by atoms with Crippen LogP contribution < -0.4 is 11.1 Å². The summed E-state index contributed by atoms with van der Waals surface area (Å²) < 4.78 is 0. The third-order valence-corrected chi connectivity index (χ3v) is 3.61. The van der Waals surface area contributed by atoms with Crippen molar-refractivity contribution in [3.8, 4) is 6.07 Å². The number of pyridine rings is 1. The largest absolute Gasteiger partial charge is 0.366 e. The Labute approximate surface area is 130 Å². The zero-order chi connectivity index (χ0) is 13.9. The number of anilines is 1. The quantitative estimate of drug-likeness (QED) is 0.910. The second-order valence-electron chi connectivity index (χ2n) is 5.15. The van der Waals surface area contributed by atoms with Crippen LogP contribution in [0.2, 0.25) is 0 Å². The van der Waals surface area contributed by atoms with Crippen LogP contribution in [0.3, 0.4) is 0 Å². The average Bonchev–Trinajstić information content (AvgIpc) is 3.23. The van der Waals surface area contributed by atoms with Gasteiger partial charge in [-0.15, -0.1) is 12.4 Å². The summed E-state index contributed by atoms with van der Waals surface area (Å²) in [5, 5.41) is 12.0. The van der Waals surface area contributed by atoms with E-state index in [1.807, 2.05) is 36.5 Å². The molecule has 4 nitrogen and oxygen atoms in total. The molecular weight excluding hydrogens is 284 g/mol. The lowest BCUT2D eigenvalue weighted by molar-refractivity contribution is 0.978. The van der Waals surface area contributed by atoms with Crippen LogP contribution in [-0.2, 0) is 6.54 Å². The number of hydrogen-bond donors (Lipinski definition) is 2. The van der Waals surface area contributed by atoms with Gasteiger partial charge < -0.3 is 11.1 Å². The van der Waals surface area contributed by atoms with E-state index in [0.717, 1.165) is 17.8 Å². The summed E-state index contributed by atoms with van der Waals surface area (Å²) in [6, 6.07) is 14.0. The fourth-order valence-corrected chi connectivity index (χ4v) is 2.22.